The van der Waals surface area contributed by atoms with Crippen LogP contribution < -0.4 is 5.32 Å². The van der Waals surface area contributed by atoms with Gasteiger partial charge in [-0.05, 0) is 36.5 Å². The molecule has 1 aromatic rings. The Morgan fingerprint density at radius 2 is 1.86 bits per heavy atom. The number of aliphatic hydroxyl groups excluding tert-OH is 1. The predicted octanol–water partition coefficient (Wildman–Crippen LogP) is 0.450. The van der Waals surface area contributed by atoms with Crippen molar-refractivity contribution in [3.63, 3.8) is 0 Å². The fourth-order valence-electron chi connectivity index (χ4n) is 2.17. The molecule has 1 heterocycles. The molecule has 0 atom stereocenters. The number of halogens is 1. The van der Waals surface area contributed by atoms with Crippen LogP contribution in [0.2, 0.25) is 0 Å². The van der Waals surface area contributed by atoms with Crippen LogP contribution in [0.25, 0.3) is 0 Å². The quantitative estimate of drug-likeness (QED) is 0.794. The molecule has 0 bridgehead atoms. The van der Waals surface area contributed by atoms with Crippen LogP contribution in [0.3, 0.4) is 0 Å². The molecule has 5 nitrogen and oxygen atoms in total. The molecule has 0 aliphatic carbocycles. The molecule has 114 valence electrons. The molecular formula is C14H18FN3O2S. The molecule has 7 heteroatoms. The lowest BCUT2D eigenvalue weighted by Crippen LogP contribution is -2.53. The van der Waals surface area contributed by atoms with E-state index in [0.29, 0.717) is 30.3 Å². The number of thiocarbonyl (C=S) groups is 1. The maximum atomic E-state index is 12.8. The Morgan fingerprint density at radius 3 is 2.43 bits per heavy atom. The van der Waals surface area contributed by atoms with E-state index in [1.165, 1.54) is 24.3 Å². The number of rotatable bonds is 3. The molecule has 1 aliphatic heterocycles. The Labute approximate surface area is 128 Å². The van der Waals surface area contributed by atoms with Crippen molar-refractivity contribution in [3.05, 3.63) is 35.6 Å². The molecule has 21 heavy (non-hydrogen) atoms. The summed E-state index contributed by atoms with van der Waals surface area (Å²) in [6.07, 6.45) is 0. The molecule has 1 fully saturated rings. The summed E-state index contributed by atoms with van der Waals surface area (Å²) in [5.74, 6) is -0.716. The molecule has 2 rings (SSSR count). The van der Waals surface area contributed by atoms with Gasteiger partial charge < -0.3 is 10.0 Å². The summed E-state index contributed by atoms with van der Waals surface area (Å²) >= 11 is 5.23. The lowest BCUT2D eigenvalue weighted by Gasteiger charge is -2.35. The van der Waals surface area contributed by atoms with E-state index >= 15 is 0 Å². The van der Waals surface area contributed by atoms with Crippen molar-refractivity contribution < 1.29 is 14.3 Å². The third kappa shape index (κ3) is 4.45. The van der Waals surface area contributed by atoms with Gasteiger partial charge in [-0.25, -0.2) is 4.39 Å². The van der Waals surface area contributed by atoms with Gasteiger partial charge in [-0.2, -0.15) is 0 Å². The Bertz CT molecular complexity index is 501. The summed E-state index contributed by atoms with van der Waals surface area (Å²) in [5.41, 5.74) is 0.373. The molecule has 1 aliphatic rings. The molecule has 1 amide bonds. The lowest BCUT2D eigenvalue weighted by molar-refractivity contribution is 0.0968. The first-order valence-corrected chi connectivity index (χ1v) is 7.20. The Balaban J connectivity index is 1.84. The minimum Gasteiger partial charge on any atom is -0.395 e. The second-order valence-corrected chi connectivity index (χ2v) is 5.21. The van der Waals surface area contributed by atoms with Crippen molar-refractivity contribution in [1.29, 1.82) is 0 Å². The molecule has 2 N–H and O–H groups in total. The highest BCUT2D eigenvalue weighted by Gasteiger charge is 2.19. The zero-order chi connectivity index (χ0) is 15.2. The lowest BCUT2D eigenvalue weighted by atomic mass is 10.2. The van der Waals surface area contributed by atoms with E-state index in [1.807, 2.05) is 4.90 Å². The first kappa shape index (κ1) is 15.8. The second-order valence-electron chi connectivity index (χ2n) is 4.82. The number of hydrogen-bond acceptors (Lipinski definition) is 4. The summed E-state index contributed by atoms with van der Waals surface area (Å²) in [7, 11) is 0. The van der Waals surface area contributed by atoms with Crippen molar-refractivity contribution >= 4 is 23.2 Å². The van der Waals surface area contributed by atoms with E-state index in [-0.39, 0.29) is 18.3 Å². The van der Waals surface area contributed by atoms with Gasteiger partial charge in [0.05, 0.1) is 6.61 Å². The number of hydrogen-bond donors (Lipinski definition) is 2. The normalized spacial score (nSPS) is 15.8. The average molecular weight is 311 g/mol. The fourth-order valence-corrected chi connectivity index (χ4v) is 2.44. The zero-order valence-corrected chi connectivity index (χ0v) is 12.4. The summed E-state index contributed by atoms with van der Waals surface area (Å²) in [5, 5.41) is 11.9. The van der Waals surface area contributed by atoms with Crippen LogP contribution in [0.1, 0.15) is 10.4 Å². The SMILES string of the molecule is O=C(NC(=S)N1CCN(CCO)CC1)c1ccc(F)cc1. The number of nitrogens with zero attached hydrogens (tertiary/aromatic N) is 2. The summed E-state index contributed by atoms with van der Waals surface area (Å²) in [6, 6.07) is 5.33. The van der Waals surface area contributed by atoms with Gasteiger partial charge in [0.25, 0.3) is 5.91 Å². The average Bonchev–Trinajstić information content (AvgIpc) is 2.49. The van der Waals surface area contributed by atoms with E-state index in [2.05, 4.69) is 10.2 Å². The molecule has 1 saturated heterocycles. The van der Waals surface area contributed by atoms with Crippen LogP contribution in [0.5, 0.6) is 0 Å². The summed E-state index contributed by atoms with van der Waals surface area (Å²) in [4.78, 5) is 16.0. The minimum atomic E-state index is -0.380. The summed E-state index contributed by atoms with van der Waals surface area (Å²) < 4.78 is 12.8. The zero-order valence-electron chi connectivity index (χ0n) is 11.6. The highest BCUT2D eigenvalue weighted by Crippen LogP contribution is 2.05. The van der Waals surface area contributed by atoms with Crippen LogP contribution in [-0.2, 0) is 0 Å². The van der Waals surface area contributed by atoms with Crippen LogP contribution in [0.4, 0.5) is 4.39 Å². The maximum Gasteiger partial charge on any atom is 0.257 e. The van der Waals surface area contributed by atoms with E-state index in [9.17, 15) is 9.18 Å². The largest absolute Gasteiger partial charge is 0.395 e. The summed E-state index contributed by atoms with van der Waals surface area (Å²) in [6.45, 7) is 3.82. The molecule has 0 saturated carbocycles. The first-order valence-electron chi connectivity index (χ1n) is 6.79. The molecule has 0 spiro atoms. The van der Waals surface area contributed by atoms with Crippen LogP contribution in [-0.4, -0.2) is 65.3 Å². The van der Waals surface area contributed by atoms with Crippen molar-refractivity contribution in [1.82, 2.24) is 15.1 Å². The third-order valence-electron chi connectivity index (χ3n) is 3.40. The van der Waals surface area contributed by atoms with Gasteiger partial charge in [-0.15, -0.1) is 0 Å². The first-order chi connectivity index (χ1) is 10.1. The van der Waals surface area contributed by atoms with Crippen LogP contribution in [0, 0.1) is 5.82 Å². The molecule has 0 aromatic heterocycles. The van der Waals surface area contributed by atoms with E-state index in [0.717, 1.165) is 13.1 Å². The van der Waals surface area contributed by atoms with Crippen molar-refractivity contribution in [2.45, 2.75) is 0 Å². The Hall–Kier alpha value is -1.57. The molecule has 0 unspecified atom stereocenters. The predicted molar refractivity (Wildman–Crippen MR) is 81.6 cm³/mol. The Kier molecular flexibility index (Phi) is 5.60. The highest BCUT2D eigenvalue weighted by atomic mass is 32.1. The number of β-amino-alcohol motifs (C(OH)–C–C–N with tert-alkyl or cyclic N) is 1. The van der Waals surface area contributed by atoms with Crippen molar-refractivity contribution in [3.8, 4) is 0 Å². The highest BCUT2D eigenvalue weighted by molar-refractivity contribution is 7.80. The van der Waals surface area contributed by atoms with Crippen LogP contribution in [0.15, 0.2) is 24.3 Å². The second kappa shape index (κ2) is 7.44. The van der Waals surface area contributed by atoms with E-state index in [4.69, 9.17) is 17.3 Å². The number of amides is 1. The van der Waals surface area contributed by atoms with Crippen molar-refractivity contribution in [2.24, 2.45) is 0 Å². The van der Waals surface area contributed by atoms with Gasteiger partial charge in [-0.3, -0.25) is 15.0 Å². The van der Waals surface area contributed by atoms with Gasteiger partial charge >= 0.3 is 0 Å². The molecular weight excluding hydrogens is 293 g/mol. The minimum absolute atomic E-state index is 0.145. The van der Waals surface area contributed by atoms with Gasteiger partial charge in [0, 0.05) is 38.3 Å². The van der Waals surface area contributed by atoms with Gasteiger partial charge in [0.2, 0.25) is 0 Å². The maximum absolute atomic E-state index is 12.8. The number of benzene rings is 1. The number of nitrogens with one attached hydrogen (secondary N) is 1. The number of carbonyl (C=O) groups excluding carboxylic acids is 1. The third-order valence-corrected chi connectivity index (χ3v) is 3.76. The number of piperazine rings is 1. The topological polar surface area (TPSA) is 55.8 Å². The number of aliphatic hydroxyl groups is 1. The van der Waals surface area contributed by atoms with Gasteiger partial charge in [0.1, 0.15) is 5.82 Å². The smallest absolute Gasteiger partial charge is 0.257 e. The van der Waals surface area contributed by atoms with Crippen LogP contribution >= 0.6 is 12.2 Å². The van der Waals surface area contributed by atoms with E-state index in [1.54, 1.807) is 0 Å². The standard InChI is InChI=1S/C14H18FN3O2S/c15-12-3-1-11(2-4-12)13(20)16-14(21)18-7-5-17(6-8-18)9-10-19/h1-4,19H,5-10H2,(H,16,20,21). The Morgan fingerprint density at radius 1 is 1.24 bits per heavy atom. The molecule has 0 radical (unpaired) electrons. The van der Waals surface area contributed by atoms with Gasteiger partial charge in [0.15, 0.2) is 5.11 Å². The monoisotopic (exact) mass is 311 g/mol. The van der Waals surface area contributed by atoms with Crippen molar-refractivity contribution in [2.75, 3.05) is 39.3 Å². The fraction of sp³-hybridized carbons (Fsp3) is 0.429. The van der Waals surface area contributed by atoms with Gasteiger partial charge in [-0.1, -0.05) is 0 Å². The number of carbonyl (C=O) groups is 1. The van der Waals surface area contributed by atoms with E-state index < -0.39 is 0 Å². The molecule has 1 aromatic carbocycles.